The maximum absolute atomic E-state index is 10.6. The summed E-state index contributed by atoms with van der Waals surface area (Å²) in [6, 6.07) is 8.07. The Balaban J connectivity index is 1.66. The standard InChI is InChI=1S/C18H27NO/c1-12-6-13(2)8-14(7-12)9-18(20)15-10-16-4-5-17(11-15)19(16)3/h6-8,15-18,20H,4-5,9-11H2,1-3H3. The largest absolute Gasteiger partial charge is 0.392 e. The van der Waals surface area contributed by atoms with Crippen molar-refractivity contribution < 1.29 is 5.11 Å². The number of rotatable bonds is 3. The maximum atomic E-state index is 10.6. The van der Waals surface area contributed by atoms with Gasteiger partial charge in [-0.25, -0.2) is 0 Å². The molecule has 0 amide bonds. The van der Waals surface area contributed by atoms with Crippen LogP contribution in [0.15, 0.2) is 18.2 Å². The molecule has 2 nitrogen and oxygen atoms in total. The molecule has 0 radical (unpaired) electrons. The molecule has 0 aliphatic carbocycles. The highest BCUT2D eigenvalue weighted by atomic mass is 16.3. The second kappa shape index (κ2) is 5.50. The van der Waals surface area contributed by atoms with Crippen LogP contribution in [-0.4, -0.2) is 35.2 Å². The Labute approximate surface area is 122 Å². The molecule has 2 aliphatic rings. The van der Waals surface area contributed by atoms with Crippen molar-refractivity contribution in [3.05, 3.63) is 34.9 Å². The fourth-order valence-electron chi connectivity index (χ4n) is 4.36. The Hall–Kier alpha value is -0.860. The summed E-state index contributed by atoms with van der Waals surface area (Å²) >= 11 is 0. The van der Waals surface area contributed by atoms with Crippen molar-refractivity contribution >= 4 is 0 Å². The summed E-state index contributed by atoms with van der Waals surface area (Å²) in [6.07, 6.45) is 5.66. The first-order valence-electron chi connectivity index (χ1n) is 8.00. The van der Waals surface area contributed by atoms with Crippen LogP contribution in [0.3, 0.4) is 0 Å². The van der Waals surface area contributed by atoms with Crippen molar-refractivity contribution in [3.63, 3.8) is 0 Å². The zero-order valence-electron chi connectivity index (χ0n) is 13.0. The predicted octanol–water partition coefficient (Wildman–Crippen LogP) is 3.08. The van der Waals surface area contributed by atoms with E-state index in [0.29, 0.717) is 18.0 Å². The van der Waals surface area contributed by atoms with E-state index >= 15 is 0 Å². The van der Waals surface area contributed by atoms with E-state index in [9.17, 15) is 5.11 Å². The van der Waals surface area contributed by atoms with Crippen molar-refractivity contribution in [3.8, 4) is 0 Å². The zero-order chi connectivity index (χ0) is 14.3. The van der Waals surface area contributed by atoms with Crippen LogP contribution < -0.4 is 0 Å². The van der Waals surface area contributed by atoms with Gasteiger partial charge < -0.3 is 10.0 Å². The lowest BCUT2D eigenvalue weighted by Gasteiger charge is -2.38. The van der Waals surface area contributed by atoms with Crippen LogP contribution in [0.25, 0.3) is 0 Å². The molecular formula is C18H27NO. The van der Waals surface area contributed by atoms with Gasteiger partial charge in [-0.2, -0.15) is 0 Å². The van der Waals surface area contributed by atoms with Gasteiger partial charge in [0.15, 0.2) is 0 Å². The number of aryl methyl sites for hydroxylation is 2. The maximum Gasteiger partial charge on any atom is 0.0609 e. The quantitative estimate of drug-likeness (QED) is 0.915. The second-order valence-electron chi connectivity index (χ2n) is 7.05. The van der Waals surface area contributed by atoms with E-state index in [1.54, 1.807) is 0 Å². The summed E-state index contributed by atoms with van der Waals surface area (Å²) in [7, 11) is 2.26. The highest BCUT2D eigenvalue weighted by Crippen LogP contribution is 2.39. The number of piperidine rings is 1. The van der Waals surface area contributed by atoms with E-state index < -0.39 is 0 Å². The van der Waals surface area contributed by atoms with Gasteiger partial charge in [0, 0.05) is 12.1 Å². The summed E-state index contributed by atoms with van der Waals surface area (Å²) in [5.74, 6) is 0.490. The molecule has 1 N–H and O–H groups in total. The molecule has 2 heterocycles. The minimum absolute atomic E-state index is 0.173. The average Bonchev–Trinajstić information content (AvgIpc) is 2.61. The fourth-order valence-corrected chi connectivity index (χ4v) is 4.36. The number of benzene rings is 1. The van der Waals surface area contributed by atoms with Crippen molar-refractivity contribution in [2.24, 2.45) is 5.92 Å². The highest BCUT2D eigenvalue weighted by Gasteiger charge is 2.40. The monoisotopic (exact) mass is 273 g/mol. The molecule has 2 saturated heterocycles. The Morgan fingerprint density at radius 1 is 1.10 bits per heavy atom. The molecule has 3 rings (SSSR count). The number of fused-ring (bicyclic) bond motifs is 2. The Bertz CT molecular complexity index is 450. The van der Waals surface area contributed by atoms with E-state index in [1.165, 1.54) is 42.4 Å². The van der Waals surface area contributed by atoms with Crippen molar-refractivity contribution in [2.75, 3.05) is 7.05 Å². The fraction of sp³-hybridized carbons (Fsp3) is 0.667. The molecule has 1 aromatic carbocycles. The SMILES string of the molecule is Cc1cc(C)cc(CC(O)C2CC3CCC(C2)N3C)c1. The van der Waals surface area contributed by atoms with Crippen LogP contribution in [0.5, 0.6) is 0 Å². The Morgan fingerprint density at radius 2 is 1.65 bits per heavy atom. The molecule has 110 valence electrons. The minimum Gasteiger partial charge on any atom is -0.392 e. The molecule has 3 unspecified atom stereocenters. The molecule has 2 bridgehead atoms. The number of hydrogen-bond donors (Lipinski definition) is 1. The average molecular weight is 273 g/mol. The van der Waals surface area contributed by atoms with Gasteiger partial charge in [-0.1, -0.05) is 29.3 Å². The lowest BCUT2D eigenvalue weighted by molar-refractivity contribution is 0.0368. The van der Waals surface area contributed by atoms with Gasteiger partial charge in [0.25, 0.3) is 0 Å². The van der Waals surface area contributed by atoms with Crippen LogP contribution in [0.1, 0.15) is 42.4 Å². The molecule has 2 fully saturated rings. The van der Waals surface area contributed by atoms with Gasteiger partial charge in [-0.15, -0.1) is 0 Å². The van der Waals surface area contributed by atoms with E-state index in [1.807, 2.05) is 0 Å². The van der Waals surface area contributed by atoms with Crippen molar-refractivity contribution in [2.45, 2.75) is 64.1 Å². The third-order valence-corrected chi connectivity index (χ3v) is 5.41. The third kappa shape index (κ3) is 2.77. The van der Waals surface area contributed by atoms with Gasteiger partial charge >= 0.3 is 0 Å². The van der Waals surface area contributed by atoms with E-state index in [4.69, 9.17) is 0 Å². The van der Waals surface area contributed by atoms with Gasteiger partial charge in [0.2, 0.25) is 0 Å². The molecule has 2 heteroatoms. The lowest BCUT2D eigenvalue weighted by Crippen LogP contribution is -2.43. The number of aliphatic hydroxyl groups is 1. The summed E-state index contributed by atoms with van der Waals surface area (Å²) < 4.78 is 0. The summed E-state index contributed by atoms with van der Waals surface area (Å²) in [4.78, 5) is 2.54. The van der Waals surface area contributed by atoms with Gasteiger partial charge in [0.05, 0.1) is 6.10 Å². The Kier molecular flexibility index (Phi) is 3.87. The summed E-state index contributed by atoms with van der Waals surface area (Å²) in [5, 5.41) is 10.6. The first-order valence-corrected chi connectivity index (χ1v) is 8.00. The topological polar surface area (TPSA) is 23.5 Å². The third-order valence-electron chi connectivity index (χ3n) is 5.41. The molecule has 0 saturated carbocycles. The normalized spacial score (nSPS) is 31.5. The van der Waals surface area contributed by atoms with Gasteiger partial charge in [-0.3, -0.25) is 0 Å². The predicted molar refractivity (Wildman–Crippen MR) is 82.9 cm³/mol. The first-order chi connectivity index (χ1) is 9.52. The van der Waals surface area contributed by atoms with Crippen molar-refractivity contribution in [1.82, 2.24) is 4.90 Å². The van der Waals surface area contributed by atoms with Gasteiger partial charge in [0.1, 0.15) is 0 Å². The number of nitrogens with zero attached hydrogens (tertiary/aromatic N) is 1. The highest BCUT2D eigenvalue weighted by molar-refractivity contribution is 5.29. The van der Waals surface area contributed by atoms with Crippen LogP contribution >= 0.6 is 0 Å². The molecular weight excluding hydrogens is 246 g/mol. The van der Waals surface area contributed by atoms with E-state index in [0.717, 1.165) is 6.42 Å². The van der Waals surface area contributed by atoms with Crippen LogP contribution in [0.2, 0.25) is 0 Å². The molecule has 0 spiro atoms. The molecule has 2 aliphatic heterocycles. The van der Waals surface area contributed by atoms with Crippen LogP contribution in [0, 0.1) is 19.8 Å². The minimum atomic E-state index is -0.173. The molecule has 0 aromatic heterocycles. The first kappa shape index (κ1) is 14.1. The second-order valence-corrected chi connectivity index (χ2v) is 7.05. The molecule has 3 atom stereocenters. The zero-order valence-corrected chi connectivity index (χ0v) is 13.0. The van der Waals surface area contributed by atoms with Crippen molar-refractivity contribution in [1.29, 1.82) is 0 Å². The molecule has 1 aromatic rings. The number of aliphatic hydroxyl groups excluding tert-OH is 1. The van der Waals surface area contributed by atoms with E-state index in [2.05, 4.69) is 44.0 Å². The van der Waals surface area contributed by atoms with Gasteiger partial charge in [-0.05, 0) is 64.5 Å². The van der Waals surface area contributed by atoms with Crippen LogP contribution in [-0.2, 0) is 6.42 Å². The molecule has 20 heavy (non-hydrogen) atoms. The summed E-state index contributed by atoms with van der Waals surface area (Å²) in [5.41, 5.74) is 3.90. The van der Waals surface area contributed by atoms with E-state index in [-0.39, 0.29) is 6.10 Å². The lowest BCUT2D eigenvalue weighted by atomic mass is 9.84. The smallest absolute Gasteiger partial charge is 0.0609 e. The number of hydrogen-bond acceptors (Lipinski definition) is 2. The Morgan fingerprint density at radius 3 is 2.20 bits per heavy atom. The van der Waals surface area contributed by atoms with Crippen LogP contribution in [0.4, 0.5) is 0 Å². The summed E-state index contributed by atoms with van der Waals surface area (Å²) in [6.45, 7) is 4.28.